The van der Waals surface area contributed by atoms with Crippen molar-refractivity contribution in [3.63, 3.8) is 0 Å². The molecule has 1 aromatic carbocycles. The molecule has 1 fully saturated rings. The molecule has 1 N–H and O–H groups in total. The van der Waals surface area contributed by atoms with Gasteiger partial charge >= 0.3 is 0 Å². The van der Waals surface area contributed by atoms with Crippen LogP contribution in [0.2, 0.25) is 0 Å². The zero-order chi connectivity index (χ0) is 19.8. The average molecular weight is 392 g/mol. The molecule has 27 heavy (non-hydrogen) atoms. The van der Waals surface area contributed by atoms with Crippen molar-refractivity contribution in [1.29, 1.82) is 0 Å². The molecule has 150 valence electrons. The summed E-state index contributed by atoms with van der Waals surface area (Å²) in [4.78, 5) is 7.09. The molecule has 3 rings (SSSR count). The highest BCUT2D eigenvalue weighted by molar-refractivity contribution is 7.91. The summed E-state index contributed by atoms with van der Waals surface area (Å²) in [7, 11) is -2.86. The molecule has 1 saturated heterocycles. The smallest absolute Gasteiger partial charge is 0.198 e. The first-order valence-corrected chi connectivity index (χ1v) is 11.8. The quantitative estimate of drug-likeness (QED) is 0.635. The van der Waals surface area contributed by atoms with Crippen molar-refractivity contribution >= 4 is 21.5 Å². The Morgan fingerprint density at radius 2 is 2.07 bits per heavy atom. The molecule has 2 aliphatic heterocycles. The Kier molecular flexibility index (Phi) is 5.57. The first-order chi connectivity index (χ1) is 12.5. The fourth-order valence-electron chi connectivity index (χ4n) is 3.79. The van der Waals surface area contributed by atoms with Gasteiger partial charge in [0.25, 0.3) is 0 Å². The third-order valence-electron chi connectivity index (χ3n) is 5.34. The number of nitrogens with one attached hydrogen (secondary N) is 1. The number of hydrogen-bond acceptors (Lipinski definition) is 3. The minimum Gasteiger partial charge on any atom is -0.354 e. The molecule has 1 aromatic rings. The molecule has 2 heterocycles. The predicted molar refractivity (Wildman–Crippen MR) is 114 cm³/mol. The summed E-state index contributed by atoms with van der Waals surface area (Å²) in [5.41, 5.74) is 4.08. The van der Waals surface area contributed by atoms with E-state index in [-0.39, 0.29) is 23.1 Å². The fourth-order valence-corrected chi connectivity index (χ4v) is 5.64. The van der Waals surface area contributed by atoms with E-state index in [4.69, 9.17) is 4.99 Å². The number of benzene rings is 1. The van der Waals surface area contributed by atoms with Gasteiger partial charge in [-0.25, -0.2) is 8.42 Å². The van der Waals surface area contributed by atoms with E-state index in [0.717, 1.165) is 25.3 Å². The summed E-state index contributed by atoms with van der Waals surface area (Å²) in [6.45, 7) is 12.4. The second kappa shape index (κ2) is 7.46. The van der Waals surface area contributed by atoms with Crippen LogP contribution in [0.1, 0.15) is 52.2 Å². The second-order valence-electron chi connectivity index (χ2n) is 9.23. The van der Waals surface area contributed by atoms with Crippen molar-refractivity contribution in [2.45, 2.75) is 58.9 Å². The summed E-state index contributed by atoms with van der Waals surface area (Å²) < 4.78 is 23.4. The summed E-state index contributed by atoms with van der Waals surface area (Å²) >= 11 is 0. The maximum absolute atomic E-state index is 11.7. The Bertz CT molecular complexity index is 822. The Balaban J connectivity index is 1.82. The van der Waals surface area contributed by atoms with Crippen molar-refractivity contribution in [2.75, 3.05) is 29.5 Å². The van der Waals surface area contributed by atoms with Crippen LogP contribution in [0.4, 0.5) is 5.69 Å². The lowest BCUT2D eigenvalue weighted by Crippen LogP contribution is -2.44. The van der Waals surface area contributed by atoms with Crippen molar-refractivity contribution in [3.8, 4) is 0 Å². The number of rotatable bonds is 3. The topological polar surface area (TPSA) is 61.8 Å². The predicted octanol–water partition coefficient (Wildman–Crippen LogP) is 3.14. The lowest BCUT2D eigenvalue weighted by molar-refractivity contribution is 0.588. The van der Waals surface area contributed by atoms with Crippen LogP contribution in [0.5, 0.6) is 0 Å². The summed E-state index contributed by atoms with van der Waals surface area (Å²) in [6.07, 6.45) is 1.74. The number of hydrogen-bond donors (Lipinski definition) is 1. The van der Waals surface area contributed by atoms with Gasteiger partial charge in [-0.15, -0.1) is 0 Å². The highest BCUT2D eigenvalue weighted by Gasteiger charge is 2.29. The molecule has 0 aromatic heterocycles. The van der Waals surface area contributed by atoms with Gasteiger partial charge in [0.15, 0.2) is 15.8 Å². The van der Waals surface area contributed by atoms with Gasteiger partial charge in [-0.05, 0) is 55.2 Å². The molecule has 0 aliphatic carbocycles. The van der Waals surface area contributed by atoms with E-state index in [1.165, 1.54) is 16.8 Å². The average Bonchev–Trinajstić information content (AvgIpc) is 3.12. The Morgan fingerprint density at radius 3 is 2.67 bits per heavy atom. The number of sulfone groups is 1. The van der Waals surface area contributed by atoms with E-state index >= 15 is 0 Å². The third-order valence-corrected chi connectivity index (χ3v) is 7.18. The van der Waals surface area contributed by atoms with Gasteiger partial charge in [-0.1, -0.05) is 32.9 Å². The van der Waals surface area contributed by atoms with Crippen molar-refractivity contribution in [1.82, 2.24) is 5.32 Å². The standard InChI is InChI=1S/C21H33N3O2S/c1-15(2)23-20(22-13-16-9-11-27(25,26)14-16)24-10-8-17-12-18(21(3,4)5)6-7-19(17)24/h6-7,12,15-16H,8-11,13-14H2,1-5H3,(H,22,23). The van der Waals surface area contributed by atoms with Crippen molar-refractivity contribution in [3.05, 3.63) is 29.3 Å². The Hall–Kier alpha value is -1.56. The number of nitrogens with zero attached hydrogens (tertiary/aromatic N) is 2. The highest BCUT2D eigenvalue weighted by atomic mass is 32.2. The lowest BCUT2D eigenvalue weighted by Gasteiger charge is -2.26. The summed E-state index contributed by atoms with van der Waals surface area (Å²) in [5, 5.41) is 3.48. The van der Waals surface area contributed by atoms with E-state index in [2.05, 4.69) is 63.0 Å². The molecule has 2 aliphatic rings. The van der Waals surface area contributed by atoms with Crippen LogP contribution in [-0.2, 0) is 21.7 Å². The van der Waals surface area contributed by atoms with E-state index in [1.54, 1.807) is 0 Å². The maximum Gasteiger partial charge on any atom is 0.198 e. The molecule has 0 bridgehead atoms. The molecule has 6 heteroatoms. The van der Waals surface area contributed by atoms with E-state index in [0.29, 0.717) is 12.3 Å². The molecule has 0 saturated carbocycles. The van der Waals surface area contributed by atoms with Crippen molar-refractivity contribution in [2.24, 2.45) is 10.9 Å². The summed E-state index contributed by atoms with van der Waals surface area (Å²) in [6, 6.07) is 7.02. The van der Waals surface area contributed by atoms with Gasteiger partial charge in [0.2, 0.25) is 0 Å². The lowest BCUT2D eigenvalue weighted by atomic mass is 9.86. The normalized spacial score (nSPS) is 22.4. The van der Waals surface area contributed by atoms with Crippen LogP contribution in [0.15, 0.2) is 23.2 Å². The monoisotopic (exact) mass is 391 g/mol. The van der Waals surface area contributed by atoms with E-state index in [9.17, 15) is 8.42 Å². The zero-order valence-electron chi connectivity index (χ0n) is 17.2. The second-order valence-corrected chi connectivity index (χ2v) is 11.5. The van der Waals surface area contributed by atoms with Crippen LogP contribution >= 0.6 is 0 Å². The number of anilines is 1. The van der Waals surface area contributed by atoms with Gasteiger partial charge < -0.3 is 10.2 Å². The Morgan fingerprint density at radius 1 is 1.33 bits per heavy atom. The van der Waals surface area contributed by atoms with Crippen LogP contribution in [0, 0.1) is 5.92 Å². The number of aliphatic imine (C=N–C) groups is 1. The minimum atomic E-state index is -2.86. The van der Waals surface area contributed by atoms with Crippen LogP contribution in [-0.4, -0.2) is 45.0 Å². The van der Waals surface area contributed by atoms with Gasteiger partial charge in [-0.3, -0.25) is 4.99 Å². The van der Waals surface area contributed by atoms with Gasteiger partial charge in [0, 0.05) is 24.8 Å². The van der Waals surface area contributed by atoms with Crippen LogP contribution in [0.25, 0.3) is 0 Å². The van der Waals surface area contributed by atoms with Gasteiger partial charge in [0.1, 0.15) is 0 Å². The van der Waals surface area contributed by atoms with E-state index in [1.807, 2.05) is 0 Å². The van der Waals surface area contributed by atoms with Gasteiger partial charge in [-0.2, -0.15) is 0 Å². The molecule has 1 unspecified atom stereocenters. The molecule has 0 spiro atoms. The molecular weight excluding hydrogens is 358 g/mol. The molecule has 1 atom stereocenters. The molecule has 5 nitrogen and oxygen atoms in total. The number of guanidine groups is 1. The molecular formula is C21H33N3O2S. The molecule has 0 radical (unpaired) electrons. The molecule has 0 amide bonds. The SMILES string of the molecule is CC(C)NC(=NCC1CCS(=O)(=O)C1)N1CCc2cc(C(C)(C)C)ccc21. The minimum absolute atomic E-state index is 0.142. The zero-order valence-corrected chi connectivity index (χ0v) is 18.1. The fraction of sp³-hybridized carbons (Fsp3) is 0.667. The van der Waals surface area contributed by atoms with Crippen molar-refractivity contribution < 1.29 is 8.42 Å². The summed E-state index contributed by atoms with van der Waals surface area (Å²) in [5.74, 6) is 1.60. The van der Waals surface area contributed by atoms with E-state index < -0.39 is 9.84 Å². The first kappa shape index (κ1) is 20.2. The van der Waals surface area contributed by atoms with Gasteiger partial charge in [0.05, 0.1) is 11.5 Å². The van der Waals surface area contributed by atoms with Crippen LogP contribution in [0.3, 0.4) is 0 Å². The van der Waals surface area contributed by atoms with Crippen LogP contribution < -0.4 is 10.2 Å². The highest BCUT2D eigenvalue weighted by Crippen LogP contribution is 2.33. The number of fused-ring (bicyclic) bond motifs is 1. The maximum atomic E-state index is 11.7. The third kappa shape index (κ3) is 4.84. The Labute approximate surface area is 164 Å². The largest absolute Gasteiger partial charge is 0.354 e. The first-order valence-electron chi connectivity index (χ1n) is 9.97.